The molecular weight excluding hydrogens is 240 g/mol. The van der Waals surface area contributed by atoms with E-state index in [0.717, 1.165) is 24.6 Å². The Morgan fingerprint density at radius 3 is 2.89 bits per heavy atom. The number of anilines is 1. The first-order valence-corrected chi connectivity index (χ1v) is 6.58. The van der Waals surface area contributed by atoms with Crippen LogP contribution in [0.1, 0.15) is 24.2 Å². The molecule has 1 aromatic carbocycles. The molecule has 0 unspecified atom stereocenters. The lowest BCUT2D eigenvalue weighted by molar-refractivity contribution is 0.0944. The van der Waals surface area contributed by atoms with E-state index in [1.165, 1.54) is 0 Å². The minimum atomic E-state index is -0.0561. The summed E-state index contributed by atoms with van der Waals surface area (Å²) < 4.78 is 0. The van der Waals surface area contributed by atoms with Gasteiger partial charge in [0.2, 0.25) is 0 Å². The Kier molecular flexibility index (Phi) is 4.39. The van der Waals surface area contributed by atoms with Crippen LogP contribution in [0.5, 0.6) is 0 Å². The van der Waals surface area contributed by atoms with Gasteiger partial charge >= 0.3 is 0 Å². The Hall–Kier alpha value is -2.04. The van der Waals surface area contributed by atoms with Crippen molar-refractivity contribution in [3.8, 4) is 0 Å². The maximum absolute atomic E-state index is 12.1. The smallest absolute Gasteiger partial charge is 0.253 e. The standard InChI is InChI=1S/C14H20N4O/c1-10(2)18-14(19)11-5-3-4-6-12(11)17-9-13-15-7-8-16-13/h3-6,10,17H,7-9H2,1-2H3,(H,15,16)(H,18,19). The van der Waals surface area contributed by atoms with Crippen LogP contribution >= 0.6 is 0 Å². The van der Waals surface area contributed by atoms with Gasteiger partial charge in [0, 0.05) is 18.3 Å². The summed E-state index contributed by atoms with van der Waals surface area (Å²) in [7, 11) is 0. The molecule has 0 atom stereocenters. The molecule has 1 heterocycles. The maximum Gasteiger partial charge on any atom is 0.253 e. The fraction of sp³-hybridized carbons (Fsp3) is 0.429. The zero-order valence-corrected chi connectivity index (χ0v) is 11.4. The number of nitrogens with one attached hydrogen (secondary N) is 3. The lowest BCUT2D eigenvalue weighted by Crippen LogP contribution is -2.31. The summed E-state index contributed by atoms with van der Waals surface area (Å²) in [6.07, 6.45) is 0. The number of carbonyl (C=O) groups is 1. The van der Waals surface area contributed by atoms with E-state index in [0.29, 0.717) is 12.1 Å². The number of amides is 1. The van der Waals surface area contributed by atoms with E-state index in [1.54, 1.807) is 0 Å². The number of aliphatic imine (C=N–C) groups is 1. The molecule has 1 amide bonds. The van der Waals surface area contributed by atoms with Crippen LogP contribution in [0, 0.1) is 0 Å². The highest BCUT2D eigenvalue weighted by molar-refractivity contribution is 6.00. The highest BCUT2D eigenvalue weighted by Gasteiger charge is 2.12. The van der Waals surface area contributed by atoms with Crippen LogP contribution in [-0.4, -0.2) is 37.4 Å². The zero-order chi connectivity index (χ0) is 13.7. The van der Waals surface area contributed by atoms with Crippen molar-refractivity contribution in [2.75, 3.05) is 25.0 Å². The third-order valence-electron chi connectivity index (χ3n) is 2.78. The number of hydrogen-bond donors (Lipinski definition) is 3. The van der Waals surface area contributed by atoms with Crippen LogP contribution in [-0.2, 0) is 0 Å². The molecule has 0 bridgehead atoms. The van der Waals surface area contributed by atoms with Gasteiger partial charge in [-0.3, -0.25) is 9.79 Å². The fourth-order valence-corrected chi connectivity index (χ4v) is 1.92. The van der Waals surface area contributed by atoms with Crippen LogP contribution in [0.25, 0.3) is 0 Å². The van der Waals surface area contributed by atoms with Crippen LogP contribution in [0.3, 0.4) is 0 Å². The van der Waals surface area contributed by atoms with E-state index in [1.807, 2.05) is 38.1 Å². The van der Waals surface area contributed by atoms with Crippen molar-refractivity contribution in [3.05, 3.63) is 29.8 Å². The number of carbonyl (C=O) groups excluding carboxylic acids is 1. The van der Waals surface area contributed by atoms with Gasteiger partial charge in [0.1, 0.15) is 5.84 Å². The molecule has 0 radical (unpaired) electrons. The fourth-order valence-electron chi connectivity index (χ4n) is 1.92. The van der Waals surface area contributed by atoms with E-state index in [2.05, 4.69) is 20.9 Å². The average molecular weight is 260 g/mol. The van der Waals surface area contributed by atoms with Crippen molar-refractivity contribution in [3.63, 3.8) is 0 Å². The second-order valence-corrected chi connectivity index (χ2v) is 4.78. The summed E-state index contributed by atoms with van der Waals surface area (Å²) in [6, 6.07) is 7.64. The molecular formula is C14H20N4O. The summed E-state index contributed by atoms with van der Waals surface area (Å²) in [5.74, 6) is 0.887. The van der Waals surface area contributed by atoms with Crippen molar-refractivity contribution in [1.29, 1.82) is 0 Å². The van der Waals surface area contributed by atoms with E-state index < -0.39 is 0 Å². The Bertz CT molecular complexity index is 482. The summed E-state index contributed by atoms with van der Waals surface area (Å²) in [4.78, 5) is 16.4. The van der Waals surface area contributed by atoms with E-state index in [4.69, 9.17) is 0 Å². The molecule has 1 aliphatic rings. The maximum atomic E-state index is 12.1. The van der Waals surface area contributed by atoms with Gasteiger partial charge in [-0.25, -0.2) is 0 Å². The molecule has 3 N–H and O–H groups in total. The number of para-hydroxylation sites is 1. The monoisotopic (exact) mass is 260 g/mol. The van der Waals surface area contributed by atoms with Crippen molar-refractivity contribution < 1.29 is 4.79 Å². The molecule has 1 aromatic rings. The quantitative estimate of drug-likeness (QED) is 0.746. The third kappa shape index (κ3) is 3.71. The van der Waals surface area contributed by atoms with Gasteiger partial charge in [0.05, 0.1) is 18.7 Å². The number of nitrogens with zero attached hydrogens (tertiary/aromatic N) is 1. The third-order valence-corrected chi connectivity index (χ3v) is 2.78. The minimum absolute atomic E-state index is 0.0561. The summed E-state index contributed by atoms with van der Waals surface area (Å²) in [5.41, 5.74) is 1.49. The van der Waals surface area contributed by atoms with Gasteiger partial charge in [-0.1, -0.05) is 12.1 Å². The molecule has 0 aromatic heterocycles. The van der Waals surface area contributed by atoms with Crippen molar-refractivity contribution in [1.82, 2.24) is 10.6 Å². The van der Waals surface area contributed by atoms with Gasteiger partial charge < -0.3 is 16.0 Å². The first-order valence-electron chi connectivity index (χ1n) is 6.58. The van der Waals surface area contributed by atoms with Crippen LogP contribution < -0.4 is 16.0 Å². The molecule has 1 aliphatic heterocycles. The van der Waals surface area contributed by atoms with Crippen LogP contribution in [0.2, 0.25) is 0 Å². The molecule has 19 heavy (non-hydrogen) atoms. The molecule has 0 aliphatic carbocycles. The lowest BCUT2D eigenvalue weighted by Gasteiger charge is -2.13. The van der Waals surface area contributed by atoms with Crippen LogP contribution in [0.4, 0.5) is 5.69 Å². The largest absolute Gasteiger partial charge is 0.377 e. The molecule has 5 nitrogen and oxygen atoms in total. The number of benzene rings is 1. The predicted molar refractivity (Wildman–Crippen MR) is 77.8 cm³/mol. The first kappa shape index (κ1) is 13.4. The highest BCUT2D eigenvalue weighted by atomic mass is 16.1. The Labute approximate surface area is 113 Å². The Morgan fingerprint density at radius 1 is 1.42 bits per heavy atom. The summed E-state index contributed by atoms with van der Waals surface area (Å²) in [5, 5.41) is 9.35. The second-order valence-electron chi connectivity index (χ2n) is 4.78. The average Bonchev–Trinajstić information content (AvgIpc) is 2.89. The Morgan fingerprint density at radius 2 is 2.21 bits per heavy atom. The van der Waals surface area contributed by atoms with Gasteiger partial charge in [-0.15, -0.1) is 0 Å². The SMILES string of the molecule is CC(C)NC(=O)c1ccccc1NCC1=NCCN1. The van der Waals surface area contributed by atoms with Gasteiger partial charge in [-0.05, 0) is 26.0 Å². The topological polar surface area (TPSA) is 65.5 Å². The first-order chi connectivity index (χ1) is 9.16. The number of rotatable bonds is 5. The van der Waals surface area contributed by atoms with Gasteiger partial charge in [0.25, 0.3) is 5.91 Å². The van der Waals surface area contributed by atoms with Gasteiger partial charge in [0.15, 0.2) is 0 Å². The molecule has 0 spiro atoms. The van der Waals surface area contributed by atoms with E-state index >= 15 is 0 Å². The molecule has 0 fully saturated rings. The van der Waals surface area contributed by atoms with Crippen molar-refractivity contribution >= 4 is 17.4 Å². The molecule has 0 saturated carbocycles. The van der Waals surface area contributed by atoms with Crippen molar-refractivity contribution in [2.45, 2.75) is 19.9 Å². The van der Waals surface area contributed by atoms with Crippen LogP contribution in [0.15, 0.2) is 29.3 Å². The molecule has 2 rings (SSSR count). The second kappa shape index (κ2) is 6.22. The predicted octanol–water partition coefficient (Wildman–Crippen LogP) is 1.24. The Balaban J connectivity index is 2.05. The highest BCUT2D eigenvalue weighted by Crippen LogP contribution is 2.14. The minimum Gasteiger partial charge on any atom is -0.377 e. The summed E-state index contributed by atoms with van der Waals surface area (Å²) in [6.45, 7) is 6.24. The molecule has 0 saturated heterocycles. The lowest BCUT2D eigenvalue weighted by atomic mass is 10.1. The van der Waals surface area contributed by atoms with E-state index in [-0.39, 0.29) is 11.9 Å². The van der Waals surface area contributed by atoms with Gasteiger partial charge in [-0.2, -0.15) is 0 Å². The zero-order valence-electron chi connectivity index (χ0n) is 11.4. The molecule has 5 heteroatoms. The number of amidine groups is 1. The van der Waals surface area contributed by atoms with Crippen molar-refractivity contribution in [2.24, 2.45) is 4.99 Å². The summed E-state index contributed by atoms with van der Waals surface area (Å²) >= 11 is 0. The van der Waals surface area contributed by atoms with E-state index in [9.17, 15) is 4.79 Å². The molecule has 102 valence electrons. The number of hydrogen-bond acceptors (Lipinski definition) is 4. The normalized spacial score (nSPS) is 13.9.